The van der Waals surface area contributed by atoms with E-state index in [0.29, 0.717) is 42.9 Å². The minimum Gasteiger partial charge on any atom is -0.339 e. The van der Waals surface area contributed by atoms with Crippen molar-refractivity contribution in [2.24, 2.45) is 10.4 Å². The quantitative estimate of drug-likeness (QED) is 0.749. The average molecular weight is 415 g/mol. The number of Topliss-reactive ketones (excluding diaryl/α,β-unsaturated/α-hetero) is 1. The summed E-state index contributed by atoms with van der Waals surface area (Å²) < 4.78 is 1.71. The van der Waals surface area contributed by atoms with Gasteiger partial charge in [-0.05, 0) is 56.2 Å². The highest BCUT2D eigenvalue weighted by Gasteiger charge is 2.44. The Balaban J connectivity index is 1.35. The Labute approximate surface area is 181 Å². The number of nitriles is 1. The zero-order valence-corrected chi connectivity index (χ0v) is 17.9. The Morgan fingerprint density at radius 1 is 1.23 bits per heavy atom. The third-order valence-electron chi connectivity index (χ3n) is 6.94. The Morgan fingerprint density at radius 3 is 2.71 bits per heavy atom. The van der Waals surface area contributed by atoms with Crippen molar-refractivity contribution >= 4 is 23.6 Å². The van der Waals surface area contributed by atoms with Gasteiger partial charge < -0.3 is 4.90 Å². The number of piperidine rings is 1. The van der Waals surface area contributed by atoms with Gasteiger partial charge in [0.05, 0.1) is 5.69 Å². The largest absolute Gasteiger partial charge is 0.339 e. The fraction of sp³-hybridized carbons (Fsp3) is 0.458. The summed E-state index contributed by atoms with van der Waals surface area (Å²) >= 11 is 0. The number of likely N-dealkylation sites (tertiary alicyclic amines) is 1. The number of aliphatic imine (C=N–C) groups is 1. The van der Waals surface area contributed by atoms with Crippen LogP contribution < -0.4 is 0 Å². The summed E-state index contributed by atoms with van der Waals surface area (Å²) in [5.41, 5.74) is 4.28. The Hall–Kier alpha value is -3.27. The van der Waals surface area contributed by atoms with Gasteiger partial charge in [0.2, 0.25) is 0 Å². The van der Waals surface area contributed by atoms with Gasteiger partial charge in [0.25, 0.3) is 5.91 Å². The fourth-order valence-electron chi connectivity index (χ4n) is 5.21. The molecule has 1 aromatic carbocycles. The molecular formula is C24H25N5O2. The summed E-state index contributed by atoms with van der Waals surface area (Å²) in [5, 5.41) is 14.0. The topological polar surface area (TPSA) is 91.4 Å². The number of carbonyl (C=O) groups excluding carboxylic acids is 2. The third kappa shape index (κ3) is 3.18. The van der Waals surface area contributed by atoms with Crippen LogP contribution in [0.1, 0.15) is 76.8 Å². The monoisotopic (exact) mass is 415 g/mol. The van der Waals surface area contributed by atoms with Gasteiger partial charge in [0.15, 0.2) is 11.5 Å². The molecule has 7 heteroatoms. The van der Waals surface area contributed by atoms with Crippen LogP contribution in [0.5, 0.6) is 0 Å². The molecule has 1 saturated heterocycles. The number of amides is 1. The molecule has 1 fully saturated rings. The molecule has 158 valence electrons. The second kappa shape index (κ2) is 7.16. The van der Waals surface area contributed by atoms with Crippen LogP contribution in [-0.4, -0.2) is 45.7 Å². The molecule has 31 heavy (non-hydrogen) atoms. The number of hydrogen-bond acceptors (Lipinski definition) is 5. The van der Waals surface area contributed by atoms with Crippen molar-refractivity contribution in [3.05, 3.63) is 46.3 Å². The molecule has 0 saturated carbocycles. The van der Waals surface area contributed by atoms with Crippen LogP contribution in [0.3, 0.4) is 0 Å². The van der Waals surface area contributed by atoms with E-state index in [1.54, 1.807) is 4.68 Å². The third-order valence-corrected chi connectivity index (χ3v) is 6.94. The van der Waals surface area contributed by atoms with E-state index in [-0.39, 0.29) is 23.1 Å². The number of rotatable bonds is 2. The van der Waals surface area contributed by atoms with Crippen molar-refractivity contribution < 1.29 is 9.59 Å². The molecule has 1 aliphatic carbocycles. The van der Waals surface area contributed by atoms with E-state index in [9.17, 15) is 14.9 Å². The van der Waals surface area contributed by atoms with Crippen LogP contribution >= 0.6 is 0 Å². The van der Waals surface area contributed by atoms with Crippen LogP contribution in [0.2, 0.25) is 0 Å². The van der Waals surface area contributed by atoms with Crippen LogP contribution in [-0.2, 0) is 12.8 Å². The molecular weight excluding hydrogens is 390 g/mol. The van der Waals surface area contributed by atoms with E-state index in [2.05, 4.69) is 16.2 Å². The zero-order valence-electron chi connectivity index (χ0n) is 17.9. The first kappa shape index (κ1) is 19.7. The highest BCUT2D eigenvalue weighted by atomic mass is 16.2. The molecule has 0 bridgehead atoms. The molecule has 5 rings (SSSR count). The summed E-state index contributed by atoms with van der Waals surface area (Å²) in [7, 11) is 0. The second-order valence-electron chi connectivity index (χ2n) is 9.25. The first-order chi connectivity index (χ1) is 14.9. The highest BCUT2D eigenvalue weighted by Crippen LogP contribution is 2.45. The summed E-state index contributed by atoms with van der Waals surface area (Å²) in [5.74, 6) is 0.0909. The van der Waals surface area contributed by atoms with Crippen molar-refractivity contribution in [2.75, 3.05) is 13.1 Å². The average Bonchev–Trinajstić information content (AvgIpc) is 3.37. The van der Waals surface area contributed by atoms with Crippen LogP contribution in [0, 0.1) is 16.7 Å². The predicted octanol–water partition coefficient (Wildman–Crippen LogP) is 3.65. The fourth-order valence-corrected chi connectivity index (χ4v) is 5.21. The number of hydrogen-bond donors (Lipinski definition) is 0. The van der Waals surface area contributed by atoms with Crippen molar-refractivity contribution in [3.8, 4) is 6.07 Å². The highest BCUT2D eigenvalue weighted by molar-refractivity contribution is 5.98. The Morgan fingerprint density at radius 2 is 2.00 bits per heavy atom. The van der Waals surface area contributed by atoms with Gasteiger partial charge in [-0.2, -0.15) is 10.4 Å². The zero-order chi connectivity index (χ0) is 21.8. The Bertz CT molecular complexity index is 1160. The van der Waals surface area contributed by atoms with Crippen LogP contribution in [0.4, 0.5) is 5.69 Å². The number of nitrogens with zero attached hydrogens (tertiary/aromatic N) is 5. The molecule has 2 aliphatic heterocycles. The molecule has 1 aromatic heterocycles. The van der Waals surface area contributed by atoms with Crippen molar-refractivity contribution in [1.82, 2.24) is 14.7 Å². The minimum absolute atomic E-state index is 0.0212. The molecule has 0 atom stereocenters. The minimum atomic E-state index is -0.195. The molecule has 3 aliphatic rings. The second-order valence-corrected chi connectivity index (χ2v) is 9.25. The lowest BCUT2D eigenvalue weighted by Crippen LogP contribution is -2.46. The van der Waals surface area contributed by atoms with Crippen molar-refractivity contribution in [1.29, 1.82) is 5.26 Å². The maximum atomic E-state index is 13.1. The van der Waals surface area contributed by atoms with Gasteiger partial charge in [0.1, 0.15) is 11.8 Å². The van der Waals surface area contributed by atoms with Gasteiger partial charge in [-0.1, -0.05) is 6.07 Å². The van der Waals surface area contributed by atoms with E-state index in [1.807, 2.05) is 43.2 Å². The smallest absolute Gasteiger partial charge is 0.253 e. The normalized spacial score (nSPS) is 18.9. The first-order valence-electron chi connectivity index (χ1n) is 10.9. The number of benzene rings is 1. The van der Waals surface area contributed by atoms with Gasteiger partial charge in [-0.15, -0.1) is 0 Å². The van der Waals surface area contributed by atoms with E-state index in [1.165, 1.54) is 0 Å². The molecule has 0 radical (unpaired) electrons. The summed E-state index contributed by atoms with van der Waals surface area (Å²) in [4.78, 5) is 32.4. The SMILES string of the molecule is CC(C)n1nc(C#N)c2c1C(=O)CC1(CCN(C(=O)c3ccc4c(c3)N=CC4)CC1)C2. The molecule has 1 spiro atoms. The molecule has 2 aromatic rings. The lowest BCUT2D eigenvalue weighted by Gasteiger charge is -2.43. The van der Waals surface area contributed by atoms with Crippen molar-refractivity contribution in [2.45, 2.75) is 52.0 Å². The first-order valence-corrected chi connectivity index (χ1v) is 10.9. The van der Waals surface area contributed by atoms with E-state index >= 15 is 0 Å². The summed E-state index contributed by atoms with van der Waals surface area (Å²) in [6.45, 7) is 5.17. The lowest BCUT2D eigenvalue weighted by atomic mass is 9.66. The number of ketones is 1. The van der Waals surface area contributed by atoms with Gasteiger partial charge >= 0.3 is 0 Å². The predicted molar refractivity (Wildman–Crippen MR) is 116 cm³/mol. The number of fused-ring (bicyclic) bond motifs is 2. The maximum Gasteiger partial charge on any atom is 0.253 e. The molecule has 0 N–H and O–H groups in total. The standard InChI is InChI=1S/C24H25N5O2/c1-15(2)29-22-18(20(14-25)27-29)12-24(13-21(22)30)6-9-28(10-7-24)23(31)17-4-3-16-5-8-26-19(16)11-17/h3-4,8,11,15H,5-7,9-10,12-13H2,1-2H3. The molecule has 0 unspecified atom stereocenters. The van der Waals surface area contributed by atoms with Gasteiger partial charge in [0, 0.05) is 49.3 Å². The number of aromatic nitrogens is 2. The lowest BCUT2D eigenvalue weighted by molar-refractivity contribution is 0.0517. The summed E-state index contributed by atoms with van der Waals surface area (Å²) in [6.07, 6.45) is 5.34. The summed E-state index contributed by atoms with van der Waals surface area (Å²) in [6, 6.07) is 7.96. The van der Waals surface area contributed by atoms with Gasteiger partial charge in [-0.25, -0.2) is 0 Å². The van der Waals surface area contributed by atoms with Crippen molar-refractivity contribution in [3.63, 3.8) is 0 Å². The molecule has 3 heterocycles. The molecule has 7 nitrogen and oxygen atoms in total. The molecule has 1 amide bonds. The number of carbonyl (C=O) groups is 2. The van der Waals surface area contributed by atoms with E-state index in [4.69, 9.17) is 0 Å². The maximum absolute atomic E-state index is 13.1. The van der Waals surface area contributed by atoms with E-state index < -0.39 is 0 Å². The Kier molecular flexibility index (Phi) is 4.54. The van der Waals surface area contributed by atoms with Crippen LogP contribution in [0.15, 0.2) is 23.2 Å². The van der Waals surface area contributed by atoms with Crippen LogP contribution in [0.25, 0.3) is 0 Å². The van der Waals surface area contributed by atoms with E-state index in [0.717, 1.165) is 36.1 Å². The van der Waals surface area contributed by atoms with Gasteiger partial charge in [-0.3, -0.25) is 19.3 Å².